The zero-order valence-electron chi connectivity index (χ0n) is 12.9. The van der Waals surface area contributed by atoms with Crippen LogP contribution in [0, 0.1) is 5.41 Å². The molecular weight excluding hydrogens is 324 g/mol. The summed E-state index contributed by atoms with van der Waals surface area (Å²) < 4.78 is 0. The largest absolute Gasteiger partial charge is 0.384 e. The van der Waals surface area contributed by atoms with Crippen molar-refractivity contribution in [2.45, 2.75) is 6.42 Å². The molecule has 122 valence electrons. The molecule has 0 radical (unpaired) electrons. The summed E-state index contributed by atoms with van der Waals surface area (Å²) in [6, 6.07) is 12.8. The topological polar surface area (TPSA) is 94.8 Å². The molecule has 5 N–H and O–H groups in total. The highest BCUT2D eigenvalue weighted by Gasteiger charge is 2.08. The van der Waals surface area contributed by atoms with Crippen LogP contribution in [0.1, 0.15) is 21.5 Å². The molecule has 0 atom stereocenters. The van der Waals surface area contributed by atoms with Gasteiger partial charge in [-0.15, -0.1) is 0 Å². The minimum absolute atomic E-state index is 0.0349. The molecule has 1 aromatic heterocycles. The van der Waals surface area contributed by atoms with Crippen molar-refractivity contribution in [1.82, 2.24) is 10.3 Å². The molecule has 0 aliphatic heterocycles. The fraction of sp³-hybridized carbons (Fsp3) is 0.111. The molecule has 0 saturated heterocycles. The molecular formula is C18H17ClN4O. The summed E-state index contributed by atoms with van der Waals surface area (Å²) in [5.74, 6) is -0.114. The number of H-pyrrole nitrogens is 1. The fourth-order valence-corrected chi connectivity index (χ4v) is 2.79. The standard InChI is InChI=1S/C18H17ClN4O/c19-13-3-1-2-12(9-13)18(24)22-7-6-11-4-5-16-14(8-11)15(10-23-16)17(20)21/h1-5,8-10,23H,6-7H2,(H3,20,21)(H,22,24). The third kappa shape index (κ3) is 3.41. The van der Waals surface area contributed by atoms with Gasteiger partial charge in [0, 0.05) is 39.8 Å². The van der Waals surface area contributed by atoms with Crippen LogP contribution in [0.25, 0.3) is 10.9 Å². The van der Waals surface area contributed by atoms with Crippen LogP contribution < -0.4 is 11.1 Å². The monoisotopic (exact) mass is 340 g/mol. The van der Waals surface area contributed by atoms with Crippen LogP contribution in [0.3, 0.4) is 0 Å². The van der Waals surface area contributed by atoms with Crippen LogP contribution in [-0.2, 0) is 6.42 Å². The second-order valence-electron chi connectivity index (χ2n) is 5.51. The molecule has 6 heteroatoms. The number of hydrogen-bond acceptors (Lipinski definition) is 2. The number of halogens is 1. The van der Waals surface area contributed by atoms with Gasteiger partial charge in [0.05, 0.1) is 0 Å². The van der Waals surface area contributed by atoms with Crippen molar-refractivity contribution in [3.8, 4) is 0 Å². The van der Waals surface area contributed by atoms with Gasteiger partial charge in [-0.25, -0.2) is 0 Å². The van der Waals surface area contributed by atoms with Crippen LogP contribution >= 0.6 is 11.6 Å². The van der Waals surface area contributed by atoms with E-state index < -0.39 is 0 Å². The molecule has 5 nitrogen and oxygen atoms in total. The van der Waals surface area contributed by atoms with Gasteiger partial charge in [-0.3, -0.25) is 10.2 Å². The number of hydrogen-bond donors (Lipinski definition) is 4. The highest BCUT2D eigenvalue weighted by molar-refractivity contribution is 6.30. The van der Waals surface area contributed by atoms with E-state index in [-0.39, 0.29) is 11.7 Å². The number of benzene rings is 2. The van der Waals surface area contributed by atoms with E-state index in [9.17, 15) is 4.79 Å². The number of nitrogens with one attached hydrogen (secondary N) is 3. The Kier molecular flexibility index (Phi) is 4.53. The zero-order chi connectivity index (χ0) is 17.1. The minimum atomic E-state index is -0.148. The van der Waals surface area contributed by atoms with E-state index in [1.54, 1.807) is 30.5 Å². The maximum atomic E-state index is 12.1. The van der Waals surface area contributed by atoms with Gasteiger partial charge in [-0.05, 0) is 42.3 Å². The lowest BCUT2D eigenvalue weighted by Crippen LogP contribution is -2.25. The summed E-state index contributed by atoms with van der Waals surface area (Å²) in [6.07, 6.45) is 2.42. The molecule has 2 aromatic carbocycles. The van der Waals surface area contributed by atoms with Gasteiger partial charge in [0.1, 0.15) is 5.84 Å². The molecule has 1 heterocycles. The third-order valence-corrected chi connectivity index (χ3v) is 4.06. The maximum Gasteiger partial charge on any atom is 0.251 e. The third-order valence-electron chi connectivity index (χ3n) is 3.82. The molecule has 1 amide bonds. The lowest BCUT2D eigenvalue weighted by molar-refractivity contribution is 0.0954. The Balaban J connectivity index is 1.66. The van der Waals surface area contributed by atoms with Gasteiger partial charge in [0.25, 0.3) is 5.91 Å². The lowest BCUT2D eigenvalue weighted by atomic mass is 10.1. The van der Waals surface area contributed by atoms with Gasteiger partial charge in [0.15, 0.2) is 0 Å². The zero-order valence-corrected chi connectivity index (χ0v) is 13.7. The number of nitrogen functional groups attached to an aromatic ring is 1. The van der Waals surface area contributed by atoms with Gasteiger partial charge >= 0.3 is 0 Å². The molecule has 0 fully saturated rings. The lowest BCUT2D eigenvalue weighted by Gasteiger charge is -2.06. The van der Waals surface area contributed by atoms with Gasteiger partial charge in [-0.1, -0.05) is 23.7 Å². The van der Waals surface area contributed by atoms with Crippen LogP contribution in [0.4, 0.5) is 0 Å². The van der Waals surface area contributed by atoms with Gasteiger partial charge in [0.2, 0.25) is 0 Å². The number of fused-ring (bicyclic) bond motifs is 1. The van der Waals surface area contributed by atoms with E-state index in [0.29, 0.717) is 29.1 Å². The number of nitrogens with two attached hydrogens (primary N) is 1. The Morgan fingerprint density at radius 1 is 1.25 bits per heavy atom. The molecule has 0 spiro atoms. The average Bonchev–Trinajstić information content (AvgIpc) is 2.98. The summed E-state index contributed by atoms with van der Waals surface area (Å²) in [4.78, 5) is 15.2. The van der Waals surface area contributed by atoms with E-state index in [2.05, 4.69) is 10.3 Å². The molecule has 0 unspecified atom stereocenters. The van der Waals surface area contributed by atoms with Crippen molar-refractivity contribution in [1.29, 1.82) is 5.41 Å². The number of aromatic nitrogens is 1. The summed E-state index contributed by atoms with van der Waals surface area (Å²) in [6.45, 7) is 0.511. The summed E-state index contributed by atoms with van der Waals surface area (Å²) in [5, 5.41) is 11.9. The second-order valence-corrected chi connectivity index (χ2v) is 5.95. The highest BCUT2D eigenvalue weighted by atomic mass is 35.5. The first kappa shape index (κ1) is 16.1. The van der Waals surface area contributed by atoms with E-state index in [1.807, 2.05) is 18.2 Å². The molecule has 3 rings (SSSR count). The van der Waals surface area contributed by atoms with Gasteiger partial charge in [-0.2, -0.15) is 0 Å². The Bertz CT molecular complexity index is 916. The predicted molar refractivity (Wildman–Crippen MR) is 96.8 cm³/mol. The second kappa shape index (κ2) is 6.76. The number of amides is 1. The molecule has 0 saturated carbocycles. The van der Waals surface area contributed by atoms with Crippen molar-refractivity contribution < 1.29 is 4.79 Å². The minimum Gasteiger partial charge on any atom is -0.384 e. The first-order valence-electron chi connectivity index (χ1n) is 7.53. The smallest absolute Gasteiger partial charge is 0.251 e. The quantitative estimate of drug-likeness (QED) is 0.424. The first-order chi connectivity index (χ1) is 11.5. The number of carbonyl (C=O) groups is 1. The summed E-state index contributed by atoms with van der Waals surface area (Å²) >= 11 is 5.89. The van der Waals surface area contributed by atoms with Crippen molar-refractivity contribution in [3.05, 3.63) is 70.4 Å². The van der Waals surface area contributed by atoms with Crippen LogP contribution in [0.15, 0.2) is 48.7 Å². The Morgan fingerprint density at radius 2 is 2.08 bits per heavy atom. The SMILES string of the molecule is N=C(N)c1c[nH]c2ccc(CCNC(=O)c3cccc(Cl)c3)cc12. The number of amidine groups is 1. The normalized spacial score (nSPS) is 10.7. The van der Waals surface area contributed by atoms with Crippen molar-refractivity contribution >= 4 is 34.2 Å². The summed E-state index contributed by atoms with van der Waals surface area (Å²) in [5.41, 5.74) is 8.82. The average molecular weight is 341 g/mol. The molecule has 0 aliphatic carbocycles. The molecule has 3 aromatic rings. The predicted octanol–water partition coefficient (Wildman–Crippen LogP) is 3.08. The fourth-order valence-electron chi connectivity index (χ4n) is 2.60. The summed E-state index contributed by atoms with van der Waals surface area (Å²) in [7, 11) is 0. The Morgan fingerprint density at radius 3 is 2.83 bits per heavy atom. The van der Waals surface area contributed by atoms with Crippen molar-refractivity contribution in [3.63, 3.8) is 0 Å². The number of rotatable bonds is 5. The van der Waals surface area contributed by atoms with Crippen LogP contribution in [0.2, 0.25) is 5.02 Å². The van der Waals surface area contributed by atoms with E-state index in [4.69, 9.17) is 22.7 Å². The maximum absolute atomic E-state index is 12.1. The van der Waals surface area contributed by atoms with Crippen LogP contribution in [0.5, 0.6) is 0 Å². The van der Waals surface area contributed by atoms with Gasteiger partial charge < -0.3 is 16.0 Å². The van der Waals surface area contributed by atoms with Crippen molar-refractivity contribution in [2.24, 2.45) is 5.73 Å². The molecule has 0 bridgehead atoms. The Labute approximate surface area is 144 Å². The van der Waals surface area contributed by atoms with E-state index >= 15 is 0 Å². The van der Waals surface area contributed by atoms with E-state index in [0.717, 1.165) is 16.5 Å². The number of aromatic amines is 1. The first-order valence-corrected chi connectivity index (χ1v) is 7.90. The molecule has 24 heavy (non-hydrogen) atoms. The van der Waals surface area contributed by atoms with E-state index in [1.165, 1.54) is 0 Å². The number of carbonyl (C=O) groups excluding carboxylic acids is 1. The van der Waals surface area contributed by atoms with Crippen LogP contribution in [-0.4, -0.2) is 23.3 Å². The Hall–Kier alpha value is -2.79. The highest BCUT2D eigenvalue weighted by Crippen LogP contribution is 2.19. The van der Waals surface area contributed by atoms with Crippen molar-refractivity contribution in [2.75, 3.05) is 6.54 Å². The molecule has 0 aliphatic rings.